The molecular formula is C13H14N2OS. The van der Waals surface area contributed by atoms with Crippen LogP contribution in [0.15, 0.2) is 47.6 Å². The standard InChI is InChI=1S/C13H14N2OS/c1-16-12-5-3-2-4-10(12)9-17-13-6-7-15-8-11(13)14/h2-8H,9,14H2,1H3. The van der Waals surface area contributed by atoms with E-state index < -0.39 is 0 Å². The van der Waals surface area contributed by atoms with Crippen molar-refractivity contribution in [3.8, 4) is 5.75 Å². The Labute approximate surface area is 105 Å². The molecule has 0 bridgehead atoms. The van der Waals surface area contributed by atoms with Gasteiger partial charge in [-0.25, -0.2) is 0 Å². The van der Waals surface area contributed by atoms with E-state index in [4.69, 9.17) is 10.5 Å². The number of anilines is 1. The molecule has 2 rings (SSSR count). The molecule has 0 aliphatic rings. The van der Waals surface area contributed by atoms with Crippen molar-refractivity contribution < 1.29 is 4.74 Å². The first-order chi connectivity index (χ1) is 8.31. The summed E-state index contributed by atoms with van der Waals surface area (Å²) in [5.74, 6) is 1.74. The van der Waals surface area contributed by atoms with E-state index in [2.05, 4.69) is 11.1 Å². The number of pyridine rings is 1. The van der Waals surface area contributed by atoms with Gasteiger partial charge >= 0.3 is 0 Å². The highest BCUT2D eigenvalue weighted by molar-refractivity contribution is 7.98. The fourth-order valence-electron chi connectivity index (χ4n) is 1.50. The van der Waals surface area contributed by atoms with Gasteiger partial charge in [0.2, 0.25) is 0 Å². The fraction of sp³-hybridized carbons (Fsp3) is 0.154. The minimum absolute atomic E-state index is 0.715. The average Bonchev–Trinajstić information content (AvgIpc) is 2.38. The van der Waals surface area contributed by atoms with Crippen LogP contribution in [-0.4, -0.2) is 12.1 Å². The predicted molar refractivity (Wildman–Crippen MR) is 71.2 cm³/mol. The van der Waals surface area contributed by atoms with Crippen molar-refractivity contribution in [3.63, 3.8) is 0 Å². The third-order valence-corrected chi connectivity index (χ3v) is 3.52. The third kappa shape index (κ3) is 2.91. The fourth-order valence-corrected chi connectivity index (χ4v) is 2.43. The zero-order chi connectivity index (χ0) is 12.1. The molecule has 3 nitrogen and oxygen atoms in total. The summed E-state index contributed by atoms with van der Waals surface area (Å²) in [5, 5.41) is 0. The number of methoxy groups -OCH3 is 1. The van der Waals surface area contributed by atoms with Gasteiger partial charge in [-0.3, -0.25) is 4.98 Å². The molecule has 0 aliphatic carbocycles. The summed E-state index contributed by atoms with van der Waals surface area (Å²) in [5.41, 5.74) is 7.72. The molecule has 0 saturated heterocycles. The second-order valence-electron chi connectivity index (χ2n) is 3.51. The van der Waals surface area contributed by atoms with Gasteiger partial charge in [0, 0.05) is 22.4 Å². The van der Waals surface area contributed by atoms with Crippen LogP contribution in [0.2, 0.25) is 0 Å². The van der Waals surface area contributed by atoms with Crippen molar-refractivity contribution >= 4 is 17.4 Å². The Balaban J connectivity index is 2.10. The monoisotopic (exact) mass is 246 g/mol. The minimum atomic E-state index is 0.715. The van der Waals surface area contributed by atoms with Crippen LogP contribution in [0.5, 0.6) is 5.75 Å². The smallest absolute Gasteiger partial charge is 0.122 e. The number of hydrogen-bond acceptors (Lipinski definition) is 4. The quantitative estimate of drug-likeness (QED) is 0.843. The first-order valence-corrected chi connectivity index (χ1v) is 6.24. The first kappa shape index (κ1) is 11.8. The van der Waals surface area contributed by atoms with Crippen molar-refractivity contribution in [1.29, 1.82) is 0 Å². The molecule has 2 N–H and O–H groups in total. The molecular weight excluding hydrogens is 232 g/mol. The van der Waals surface area contributed by atoms with Crippen molar-refractivity contribution in [1.82, 2.24) is 4.98 Å². The molecule has 17 heavy (non-hydrogen) atoms. The van der Waals surface area contributed by atoms with E-state index >= 15 is 0 Å². The number of benzene rings is 1. The second kappa shape index (κ2) is 5.59. The lowest BCUT2D eigenvalue weighted by Gasteiger charge is -2.08. The summed E-state index contributed by atoms with van der Waals surface area (Å²) >= 11 is 1.68. The number of thioether (sulfide) groups is 1. The minimum Gasteiger partial charge on any atom is -0.496 e. The van der Waals surface area contributed by atoms with Crippen LogP contribution >= 0.6 is 11.8 Å². The summed E-state index contributed by atoms with van der Waals surface area (Å²) in [6.07, 6.45) is 3.42. The van der Waals surface area contributed by atoms with E-state index in [0.29, 0.717) is 5.69 Å². The first-order valence-electron chi connectivity index (χ1n) is 5.25. The summed E-state index contributed by atoms with van der Waals surface area (Å²) < 4.78 is 5.31. The van der Waals surface area contributed by atoms with E-state index in [1.165, 1.54) is 0 Å². The van der Waals surface area contributed by atoms with E-state index in [0.717, 1.165) is 22.0 Å². The maximum Gasteiger partial charge on any atom is 0.122 e. The summed E-state index contributed by atoms with van der Waals surface area (Å²) in [7, 11) is 1.68. The molecule has 0 atom stereocenters. The maximum absolute atomic E-state index is 5.84. The maximum atomic E-state index is 5.84. The van der Waals surface area contributed by atoms with E-state index in [1.54, 1.807) is 31.3 Å². The van der Waals surface area contributed by atoms with Gasteiger partial charge in [0.25, 0.3) is 0 Å². The lowest BCUT2D eigenvalue weighted by Crippen LogP contribution is -1.92. The number of nitrogens with zero attached hydrogens (tertiary/aromatic N) is 1. The SMILES string of the molecule is COc1ccccc1CSc1ccncc1N. The van der Waals surface area contributed by atoms with Crippen LogP contribution in [0, 0.1) is 0 Å². The molecule has 1 heterocycles. The number of aromatic nitrogens is 1. The van der Waals surface area contributed by atoms with Crippen LogP contribution in [-0.2, 0) is 5.75 Å². The van der Waals surface area contributed by atoms with Gasteiger partial charge in [-0.05, 0) is 12.1 Å². The molecule has 88 valence electrons. The number of nitrogens with two attached hydrogens (primary N) is 1. The van der Waals surface area contributed by atoms with Gasteiger partial charge < -0.3 is 10.5 Å². The van der Waals surface area contributed by atoms with Gasteiger partial charge in [-0.15, -0.1) is 11.8 Å². The molecule has 0 fully saturated rings. The van der Waals surface area contributed by atoms with Crippen LogP contribution in [0.1, 0.15) is 5.56 Å². The normalized spacial score (nSPS) is 10.2. The zero-order valence-electron chi connectivity index (χ0n) is 9.59. The Morgan fingerprint density at radius 3 is 2.88 bits per heavy atom. The van der Waals surface area contributed by atoms with Gasteiger partial charge in [0.1, 0.15) is 5.75 Å². The number of rotatable bonds is 4. The van der Waals surface area contributed by atoms with Crippen LogP contribution in [0.25, 0.3) is 0 Å². The highest BCUT2D eigenvalue weighted by Crippen LogP contribution is 2.30. The Kier molecular flexibility index (Phi) is 3.88. The number of nitrogen functional groups attached to an aromatic ring is 1. The highest BCUT2D eigenvalue weighted by Gasteiger charge is 2.04. The molecule has 0 unspecified atom stereocenters. The third-order valence-electron chi connectivity index (χ3n) is 2.39. The molecule has 2 aromatic rings. The Morgan fingerprint density at radius 2 is 2.12 bits per heavy atom. The molecule has 0 spiro atoms. The Morgan fingerprint density at radius 1 is 1.29 bits per heavy atom. The molecule has 1 aromatic carbocycles. The predicted octanol–water partition coefficient (Wildman–Crippen LogP) is 2.96. The molecule has 0 radical (unpaired) electrons. The lowest BCUT2D eigenvalue weighted by atomic mass is 10.2. The second-order valence-corrected chi connectivity index (χ2v) is 4.53. The number of ether oxygens (including phenoxy) is 1. The molecule has 0 saturated carbocycles. The molecule has 0 amide bonds. The van der Waals surface area contributed by atoms with E-state index in [1.807, 2.05) is 24.3 Å². The van der Waals surface area contributed by atoms with Gasteiger partial charge in [0.05, 0.1) is 19.0 Å². The van der Waals surface area contributed by atoms with E-state index in [9.17, 15) is 0 Å². The van der Waals surface area contributed by atoms with Gasteiger partial charge in [0.15, 0.2) is 0 Å². The average molecular weight is 246 g/mol. The highest BCUT2D eigenvalue weighted by atomic mass is 32.2. The summed E-state index contributed by atoms with van der Waals surface area (Å²) in [6.45, 7) is 0. The van der Waals surface area contributed by atoms with Gasteiger partial charge in [-0.1, -0.05) is 18.2 Å². The van der Waals surface area contributed by atoms with Crippen molar-refractivity contribution in [2.24, 2.45) is 0 Å². The van der Waals surface area contributed by atoms with Crippen LogP contribution in [0.4, 0.5) is 5.69 Å². The van der Waals surface area contributed by atoms with Crippen LogP contribution < -0.4 is 10.5 Å². The van der Waals surface area contributed by atoms with Gasteiger partial charge in [-0.2, -0.15) is 0 Å². The van der Waals surface area contributed by atoms with Crippen molar-refractivity contribution in [2.45, 2.75) is 10.6 Å². The largest absolute Gasteiger partial charge is 0.496 e. The topological polar surface area (TPSA) is 48.1 Å². The van der Waals surface area contributed by atoms with E-state index in [-0.39, 0.29) is 0 Å². The number of hydrogen-bond donors (Lipinski definition) is 1. The Bertz CT molecular complexity index is 502. The van der Waals surface area contributed by atoms with Crippen LogP contribution in [0.3, 0.4) is 0 Å². The molecule has 4 heteroatoms. The zero-order valence-corrected chi connectivity index (χ0v) is 10.4. The molecule has 1 aromatic heterocycles. The van der Waals surface area contributed by atoms with Crippen molar-refractivity contribution in [2.75, 3.05) is 12.8 Å². The van der Waals surface area contributed by atoms with Crippen molar-refractivity contribution in [3.05, 3.63) is 48.3 Å². The summed E-state index contributed by atoms with van der Waals surface area (Å²) in [6, 6.07) is 9.92. The lowest BCUT2D eigenvalue weighted by molar-refractivity contribution is 0.411. The Hall–Kier alpha value is -1.68. The number of para-hydroxylation sites is 1. The molecule has 0 aliphatic heterocycles. The summed E-state index contributed by atoms with van der Waals surface area (Å²) in [4.78, 5) is 5.02.